The molecule has 0 N–H and O–H groups in total. The first-order valence-corrected chi connectivity index (χ1v) is 15.5. The van der Waals surface area contributed by atoms with Crippen molar-refractivity contribution in [2.45, 2.75) is 88.0 Å². The molecule has 1 aromatic rings. The molecule has 4 aliphatic carbocycles. The van der Waals surface area contributed by atoms with Crippen LogP contribution in [0.1, 0.15) is 93.6 Å². The maximum Gasteiger partial charge on any atom is -0.00909 e. The van der Waals surface area contributed by atoms with Gasteiger partial charge in [-0.05, 0) is 99.1 Å². The van der Waals surface area contributed by atoms with Crippen LogP contribution in [0.5, 0.6) is 0 Å². The Bertz CT molecular complexity index is 1070. The maximum atomic E-state index is 2.70. The second-order valence-electron chi connectivity index (χ2n) is 16.5. The highest BCUT2D eigenvalue weighted by Gasteiger charge is 2.55. The molecule has 0 aromatic heterocycles. The van der Waals surface area contributed by atoms with Crippen molar-refractivity contribution < 1.29 is 0 Å². The van der Waals surface area contributed by atoms with E-state index in [9.17, 15) is 0 Å². The van der Waals surface area contributed by atoms with Crippen LogP contribution in [0.2, 0.25) is 0 Å². The summed E-state index contributed by atoms with van der Waals surface area (Å²) in [6.45, 7) is 24.3. The third kappa shape index (κ3) is 5.07. The minimum absolute atomic E-state index is 0.189. The summed E-state index contributed by atoms with van der Waals surface area (Å²) in [5, 5.41) is 0. The van der Waals surface area contributed by atoms with Crippen molar-refractivity contribution >= 4 is 0 Å². The lowest BCUT2D eigenvalue weighted by Gasteiger charge is -2.39. The largest absolute Gasteiger partial charge is 0.0802 e. The normalized spacial score (nSPS) is 35.9. The summed E-state index contributed by atoms with van der Waals surface area (Å²) in [6.07, 6.45) is 18.5. The molecular formula is C38H54. The van der Waals surface area contributed by atoms with Crippen LogP contribution in [0.4, 0.5) is 0 Å². The van der Waals surface area contributed by atoms with E-state index in [-0.39, 0.29) is 10.8 Å². The first-order chi connectivity index (χ1) is 17.7. The zero-order valence-electron chi connectivity index (χ0n) is 26.0. The van der Waals surface area contributed by atoms with Gasteiger partial charge in [-0.15, -0.1) is 0 Å². The van der Waals surface area contributed by atoms with Gasteiger partial charge in [0.25, 0.3) is 0 Å². The number of hydrogen-bond acceptors (Lipinski definition) is 0. The Balaban J connectivity index is 1.62. The quantitative estimate of drug-likeness (QED) is 0.379. The van der Waals surface area contributed by atoms with Crippen molar-refractivity contribution in [1.82, 2.24) is 0 Å². The van der Waals surface area contributed by atoms with Crippen LogP contribution in [0.3, 0.4) is 0 Å². The Morgan fingerprint density at radius 1 is 0.658 bits per heavy atom. The predicted molar refractivity (Wildman–Crippen MR) is 165 cm³/mol. The van der Waals surface area contributed by atoms with Gasteiger partial charge in [0.05, 0.1) is 0 Å². The molecule has 8 atom stereocenters. The predicted octanol–water partition coefficient (Wildman–Crippen LogP) is 10.7. The van der Waals surface area contributed by atoms with E-state index in [1.807, 2.05) is 0 Å². The molecule has 0 bridgehead atoms. The fourth-order valence-electron chi connectivity index (χ4n) is 8.59. The number of hydrogen-bond donors (Lipinski definition) is 0. The first-order valence-electron chi connectivity index (χ1n) is 15.5. The van der Waals surface area contributed by atoms with Crippen LogP contribution in [0.25, 0.3) is 0 Å². The summed E-state index contributed by atoms with van der Waals surface area (Å²) in [7, 11) is 0. The van der Waals surface area contributed by atoms with E-state index in [4.69, 9.17) is 0 Å². The van der Waals surface area contributed by atoms with E-state index < -0.39 is 0 Å². The molecule has 4 aliphatic rings. The molecule has 1 aromatic carbocycles. The summed E-state index contributed by atoms with van der Waals surface area (Å²) in [5.41, 5.74) is 5.40. The highest BCUT2D eigenvalue weighted by atomic mass is 14.6. The van der Waals surface area contributed by atoms with Crippen LogP contribution >= 0.6 is 0 Å². The minimum Gasteiger partial charge on any atom is -0.0802 e. The van der Waals surface area contributed by atoms with Crippen LogP contribution in [0, 0.1) is 63.6 Å². The number of allylic oxidation sites excluding steroid dienone is 8. The number of rotatable bonds is 3. The van der Waals surface area contributed by atoms with Gasteiger partial charge in [0.15, 0.2) is 0 Å². The van der Waals surface area contributed by atoms with Gasteiger partial charge in [-0.2, -0.15) is 0 Å². The van der Waals surface area contributed by atoms with E-state index in [0.717, 1.165) is 17.8 Å². The molecule has 5 rings (SSSR count). The Hall–Kier alpha value is -1.82. The fraction of sp³-hybridized carbons (Fsp3) is 0.632. The lowest BCUT2D eigenvalue weighted by atomic mass is 9.64. The fourth-order valence-corrected chi connectivity index (χ4v) is 8.59. The number of fused-ring (bicyclic) bond motifs is 3. The van der Waals surface area contributed by atoms with Gasteiger partial charge in [-0.1, -0.05) is 136 Å². The summed E-state index contributed by atoms with van der Waals surface area (Å²) in [6, 6.07) is 11.7. The topological polar surface area (TPSA) is 0 Å². The third-order valence-corrected chi connectivity index (χ3v) is 10.9. The molecular weight excluding hydrogens is 456 g/mol. The van der Waals surface area contributed by atoms with E-state index in [0.29, 0.717) is 40.9 Å². The van der Waals surface area contributed by atoms with Gasteiger partial charge in [-0.25, -0.2) is 0 Å². The summed E-state index contributed by atoms with van der Waals surface area (Å²) >= 11 is 0. The molecule has 0 amide bonds. The molecule has 0 radical (unpaired) electrons. The summed E-state index contributed by atoms with van der Waals surface area (Å²) in [5.74, 6) is 5.94. The van der Waals surface area contributed by atoms with Gasteiger partial charge < -0.3 is 0 Å². The highest BCUT2D eigenvalue weighted by molar-refractivity contribution is 5.40. The van der Waals surface area contributed by atoms with Crippen LogP contribution in [-0.4, -0.2) is 0 Å². The smallest absolute Gasteiger partial charge is 0.00909 e. The molecule has 206 valence electrons. The average molecular weight is 511 g/mol. The van der Waals surface area contributed by atoms with Crippen molar-refractivity contribution in [3.05, 3.63) is 83.5 Å². The second kappa shape index (κ2) is 9.67. The molecule has 0 spiro atoms. The highest BCUT2D eigenvalue weighted by Crippen LogP contribution is 2.62. The van der Waals surface area contributed by atoms with Gasteiger partial charge in [0.1, 0.15) is 0 Å². The monoisotopic (exact) mass is 510 g/mol. The van der Waals surface area contributed by atoms with Crippen LogP contribution < -0.4 is 0 Å². The zero-order valence-corrected chi connectivity index (χ0v) is 26.0. The standard InChI is InChI=1S/C38H54/c1-24-20-28(38(8,9)10)23-31(24)34(25-14-12-11-13-15-25)35-29-18-16-26(36(2,3)4)21-32(29)33-22-27(37(5,6)7)17-19-30(33)35/h11-19,21-22,24,28-35H,20,23H2,1-10H3. The van der Waals surface area contributed by atoms with Crippen molar-refractivity contribution in [2.75, 3.05) is 0 Å². The lowest BCUT2D eigenvalue weighted by molar-refractivity contribution is 0.195. The second-order valence-corrected chi connectivity index (χ2v) is 16.5. The van der Waals surface area contributed by atoms with Gasteiger partial charge in [0, 0.05) is 0 Å². The lowest BCUT2D eigenvalue weighted by Crippen LogP contribution is -2.31. The summed E-state index contributed by atoms with van der Waals surface area (Å²) < 4.78 is 0. The van der Waals surface area contributed by atoms with Crippen molar-refractivity contribution in [3.8, 4) is 0 Å². The molecule has 0 heterocycles. The summed E-state index contributed by atoms with van der Waals surface area (Å²) in [4.78, 5) is 0. The molecule has 0 saturated heterocycles. The SMILES string of the molecule is CC1CC(C(C)(C)C)CC1C(c1ccccc1)C1C2C=CC(C(C)(C)C)=CC2C2C=C(C(C)(C)C)C=CC21. The Labute approximate surface area is 234 Å². The Morgan fingerprint density at radius 2 is 1.16 bits per heavy atom. The van der Waals surface area contributed by atoms with E-state index in [1.54, 1.807) is 5.56 Å². The molecule has 0 nitrogen and oxygen atoms in total. The van der Waals surface area contributed by atoms with Crippen LogP contribution in [0.15, 0.2) is 77.9 Å². The molecule has 38 heavy (non-hydrogen) atoms. The average Bonchev–Trinajstić information content (AvgIpc) is 3.37. The van der Waals surface area contributed by atoms with Gasteiger partial charge in [0.2, 0.25) is 0 Å². The minimum atomic E-state index is 0.189. The molecule has 2 fully saturated rings. The molecule has 2 saturated carbocycles. The molecule has 0 heteroatoms. The molecule has 8 unspecified atom stereocenters. The van der Waals surface area contributed by atoms with Crippen molar-refractivity contribution in [1.29, 1.82) is 0 Å². The molecule has 0 aliphatic heterocycles. The third-order valence-electron chi connectivity index (χ3n) is 10.9. The number of benzene rings is 1. The van der Waals surface area contributed by atoms with Crippen LogP contribution in [-0.2, 0) is 0 Å². The van der Waals surface area contributed by atoms with Gasteiger partial charge >= 0.3 is 0 Å². The Morgan fingerprint density at radius 3 is 1.58 bits per heavy atom. The van der Waals surface area contributed by atoms with Crippen molar-refractivity contribution in [2.24, 2.45) is 63.6 Å². The zero-order chi connectivity index (χ0) is 27.6. The van der Waals surface area contributed by atoms with E-state index in [2.05, 4.69) is 136 Å². The van der Waals surface area contributed by atoms with E-state index >= 15 is 0 Å². The van der Waals surface area contributed by atoms with E-state index in [1.165, 1.54) is 24.0 Å². The van der Waals surface area contributed by atoms with Gasteiger partial charge in [-0.3, -0.25) is 0 Å². The first kappa shape index (κ1) is 27.7. The maximum absolute atomic E-state index is 2.70. The Kier molecular flexibility index (Phi) is 7.06. The van der Waals surface area contributed by atoms with Crippen molar-refractivity contribution in [3.63, 3.8) is 0 Å².